The van der Waals surface area contributed by atoms with Gasteiger partial charge in [-0.1, -0.05) is 30.3 Å². The van der Waals surface area contributed by atoms with Crippen LogP contribution in [0, 0.1) is 0 Å². The van der Waals surface area contributed by atoms with Crippen molar-refractivity contribution in [2.24, 2.45) is 0 Å². The summed E-state index contributed by atoms with van der Waals surface area (Å²) in [6, 6.07) is 12.9. The van der Waals surface area contributed by atoms with E-state index in [2.05, 4.69) is 15.0 Å². The summed E-state index contributed by atoms with van der Waals surface area (Å²) in [6.45, 7) is 0.348. The fourth-order valence-electron chi connectivity index (χ4n) is 2.21. The average molecular weight is 327 g/mol. The molecule has 0 saturated heterocycles. The summed E-state index contributed by atoms with van der Waals surface area (Å²) in [5, 5.41) is 2.82. The number of ether oxygens (including phenoxy) is 1. The highest BCUT2D eigenvalue weighted by molar-refractivity contribution is 5.78. The van der Waals surface area contributed by atoms with Gasteiger partial charge in [-0.25, -0.2) is 4.98 Å². The number of nitrogens with two attached hydrogens (primary N) is 1. The first-order chi connectivity index (χ1) is 11.6. The maximum atomic E-state index is 12.0. The molecule has 0 radical (unpaired) electrons. The SMILES string of the molecule is COC(=O)CCc1ccc(CC(=O)NCc2cccc(N)n2)cc1. The minimum Gasteiger partial charge on any atom is -0.469 e. The molecule has 1 aromatic heterocycles. The standard InChI is InChI=1S/C18H21N3O3/c1-24-18(23)10-9-13-5-7-14(8-6-13)11-17(22)20-12-15-3-2-4-16(19)21-15/h2-8H,9-12H2,1H3,(H2,19,21)(H,20,22). The molecule has 0 aliphatic rings. The Balaban J connectivity index is 1.80. The molecule has 0 aliphatic carbocycles. The number of nitrogens with zero attached hydrogens (tertiary/aromatic N) is 1. The van der Waals surface area contributed by atoms with Crippen LogP contribution in [0.1, 0.15) is 23.2 Å². The number of methoxy groups -OCH3 is 1. The van der Waals surface area contributed by atoms with Crippen molar-refractivity contribution in [2.45, 2.75) is 25.8 Å². The van der Waals surface area contributed by atoms with Gasteiger partial charge in [0.2, 0.25) is 5.91 Å². The molecule has 2 rings (SSSR count). The van der Waals surface area contributed by atoms with Crippen molar-refractivity contribution in [3.8, 4) is 0 Å². The molecule has 0 bridgehead atoms. The number of rotatable bonds is 7. The summed E-state index contributed by atoms with van der Waals surface area (Å²) in [4.78, 5) is 27.2. The van der Waals surface area contributed by atoms with Crippen LogP contribution >= 0.6 is 0 Å². The molecule has 1 amide bonds. The molecule has 0 spiro atoms. The molecule has 0 fully saturated rings. The highest BCUT2D eigenvalue weighted by Gasteiger charge is 2.05. The van der Waals surface area contributed by atoms with E-state index in [-0.39, 0.29) is 11.9 Å². The second kappa shape index (κ2) is 8.67. The summed E-state index contributed by atoms with van der Waals surface area (Å²) < 4.78 is 4.61. The fourth-order valence-corrected chi connectivity index (χ4v) is 2.21. The van der Waals surface area contributed by atoms with Gasteiger partial charge in [-0.2, -0.15) is 0 Å². The van der Waals surface area contributed by atoms with E-state index in [1.165, 1.54) is 7.11 Å². The topological polar surface area (TPSA) is 94.3 Å². The number of nitrogens with one attached hydrogen (secondary N) is 1. The number of benzene rings is 1. The molecule has 1 aromatic carbocycles. The van der Waals surface area contributed by atoms with E-state index in [4.69, 9.17) is 5.73 Å². The summed E-state index contributed by atoms with van der Waals surface area (Å²) in [5.74, 6) is 0.124. The number of amides is 1. The summed E-state index contributed by atoms with van der Waals surface area (Å²) in [5.41, 5.74) is 8.27. The van der Waals surface area contributed by atoms with Crippen molar-refractivity contribution in [1.29, 1.82) is 0 Å². The first-order valence-electron chi connectivity index (χ1n) is 7.69. The Kier molecular flexibility index (Phi) is 6.31. The zero-order valence-corrected chi connectivity index (χ0v) is 13.6. The highest BCUT2D eigenvalue weighted by Crippen LogP contribution is 2.08. The third-order valence-corrected chi connectivity index (χ3v) is 3.53. The molecule has 3 N–H and O–H groups in total. The van der Waals surface area contributed by atoms with Crippen LogP contribution in [-0.2, 0) is 33.7 Å². The summed E-state index contributed by atoms with van der Waals surface area (Å²) >= 11 is 0. The lowest BCUT2D eigenvalue weighted by atomic mass is 10.1. The summed E-state index contributed by atoms with van der Waals surface area (Å²) in [7, 11) is 1.38. The van der Waals surface area contributed by atoms with Gasteiger partial charge in [-0.3, -0.25) is 9.59 Å². The number of anilines is 1. The molecule has 126 valence electrons. The smallest absolute Gasteiger partial charge is 0.305 e. The Morgan fingerprint density at radius 2 is 1.83 bits per heavy atom. The minimum atomic E-state index is -0.228. The molecule has 24 heavy (non-hydrogen) atoms. The van der Waals surface area contributed by atoms with Crippen LogP contribution in [0.15, 0.2) is 42.5 Å². The van der Waals surface area contributed by atoms with Crippen molar-refractivity contribution in [2.75, 3.05) is 12.8 Å². The molecule has 6 heteroatoms. The van der Waals surface area contributed by atoms with Crippen molar-refractivity contribution < 1.29 is 14.3 Å². The van der Waals surface area contributed by atoms with Crippen LogP contribution in [0.2, 0.25) is 0 Å². The lowest BCUT2D eigenvalue weighted by molar-refractivity contribution is -0.140. The number of aromatic nitrogens is 1. The number of carbonyl (C=O) groups is 2. The lowest BCUT2D eigenvalue weighted by Gasteiger charge is -2.06. The third kappa shape index (κ3) is 5.72. The first-order valence-corrected chi connectivity index (χ1v) is 7.69. The maximum Gasteiger partial charge on any atom is 0.305 e. The van der Waals surface area contributed by atoms with Gasteiger partial charge in [0.05, 0.1) is 25.8 Å². The van der Waals surface area contributed by atoms with E-state index in [1.807, 2.05) is 30.3 Å². The number of carbonyl (C=O) groups excluding carboxylic acids is 2. The molecule has 1 heterocycles. The molecule has 6 nitrogen and oxygen atoms in total. The lowest BCUT2D eigenvalue weighted by Crippen LogP contribution is -2.25. The van der Waals surface area contributed by atoms with E-state index in [1.54, 1.807) is 12.1 Å². The van der Waals surface area contributed by atoms with Crippen LogP contribution in [0.4, 0.5) is 5.82 Å². The number of nitrogen functional groups attached to an aromatic ring is 1. The third-order valence-electron chi connectivity index (χ3n) is 3.53. The maximum absolute atomic E-state index is 12.0. The second-order valence-electron chi connectivity index (χ2n) is 5.40. The molecule has 0 saturated carbocycles. The van der Waals surface area contributed by atoms with Crippen molar-refractivity contribution in [3.63, 3.8) is 0 Å². The van der Waals surface area contributed by atoms with E-state index < -0.39 is 0 Å². The van der Waals surface area contributed by atoms with Gasteiger partial charge in [0.25, 0.3) is 0 Å². The number of pyridine rings is 1. The Morgan fingerprint density at radius 3 is 2.50 bits per heavy atom. The van der Waals surface area contributed by atoms with Crippen molar-refractivity contribution in [3.05, 3.63) is 59.3 Å². The number of esters is 1. The van der Waals surface area contributed by atoms with E-state index in [0.29, 0.717) is 31.6 Å². The quantitative estimate of drug-likeness (QED) is 0.754. The first kappa shape index (κ1) is 17.5. The monoisotopic (exact) mass is 327 g/mol. The molecular weight excluding hydrogens is 306 g/mol. The van der Waals surface area contributed by atoms with E-state index >= 15 is 0 Å². The normalized spacial score (nSPS) is 10.2. The average Bonchev–Trinajstić information content (AvgIpc) is 2.59. The zero-order valence-electron chi connectivity index (χ0n) is 13.6. The van der Waals surface area contributed by atoms with Crippen LogP contribution < -0.4 is 11.1 Å². The Morgan fingerprint density at radius 1 is 1.12 bits per heavy atom. The van der Waals surface area contributed by atoms with Gasteiger partial charge in [0.1, 0.15) is 5.82 Å². The van der Waals surface area contributed by atoms with Gasteiger partial charge in [0, 0.05) is 6.42 Å². The Hall–Kier alpha value is -2.89. The van der Waals surface area contributed by atoms with Crippen molar-refractivity contribution in [1.82, 2.24) is 10.3 Å². The molecule has 0 unspecified atom stereocenters. The zero-order chi connectivity index (χ0) is 17.4. The van der Waals surface area contributed by atoms with Crippen LogP contribution in [0.5, 0.6) is 0 Å². The van der Waals surface area contributed by atoms with E-state index in [9.17, 15) is 9.59 Å². The molecule has 2 aromatic rings. The predicted molar refractivity (Wildman–Crippen MR) is 91.0 cm³/mol. The largest absolute Gasteiger partial charge is 0.469 e. The Bertz CT molecular complexity index is 699. The van der Waals surface area contributed by atoms with Crippen LogP contribution in [0.3, 0.4) is 0 Å². The van der Waals surface area contributed by atoms with Crippen molar-refractivity contribution >= 4 is 17.7 Å². The van der Waals surface area contributed by atoms with Gasteiger partial charge in [-0.05, 0) is 29.7 Å². The van der Waals surface area contributed by atoms with Gasteiger partial charge < -0.3 is 15.8 Å². The number of hydrogen-bond donors (Lipinski definition) is 2. The summed E-state index contributed by atoms with van der Waals surface area (Å²) in [6.07, 6.45) is 1.27. The predicted octanol–water partition coefficient (Wildman–Crippen LogP) is 1.63. The van der Waals surface area contributed by atoms with Gasteiger partial charge in [-0.15, -0.1) is 0 Å². The highest BCUT2D eigenvalue weighted by atomic mass is 16.5. The minimum absolute atomic E-state index is 0.0819. The molecule has 0 atom stereocenters. The number of hydrogen-bond acceptors (Lipinski definition) is 5. The second-order valence-corrected chi connectivity index (χ2v) is 5.40. The molecular formula is C18H21N3O3. The number of aryl methyl sites for hydroxylation is 1. The van der Waals surface area contributed by atoms with E-state index in [0.717, 1.165) is 16.8 Å². The van der Waals surface area contributed by atoms with Crippen LogP contribution in [-0.4, -0.2) is 24.0 Å². The van der Waals surface area contributed by atoms with Gasteiger partial charge in [0.15, 0.2) is 0 Å². The fraction of sp³-hybridized carbons (Fsp3) is 0.278. The van der Waals surface area contributed by atoms with Gasteiger partial charge >= 0.3 is 5.97 Å². The molecule has 0 aliphatic heterocycles. The Labute approximate surface area is 141 Å². The van der Waals surface area contributed by atoms with Crippen LogP contribution in [0.25, 0.3) is 0 Å².